The van der Waals surface area contributed by atoms with E-state index in [2.05, 4.69) is 10.1 Å². The van der Waals surface area contributed by atoms with Crippen molar-refractivity contribution in [2.75, 3.05) is 0 Å². The van der Waals surface area contributed by atoms with Crippen LogP contribution in [-0.2, 0) is 13.2 Å². The van der Waals surface area contributed by atoms with Gasteiger partial charge in [-0.2, -0.15) is 5.10 Å². The molecule has 0 spiro atoms. The third kappa shape index (κ3) is 3.82. The number of nitro groups is 1. The lowest BCUT2D eigenvalue weighted by atomic mass is 10.3. The zero-order valence-corrected chi connectivity index (χ0v) is 14.4. The molecule has 1 aromatic carbocycles. The summed E-state index contributed by atoms with van der Waals surface area (Å²) in [7, 11) is 0. The second-order valence-electron chi connectivity index (χ2n) is 5.41. The molecular formula is C16H15FN4O3S. The molecule has 0 saturated carbocycles. The zero-order chi connectivity index (χ0) is 18.0. The maximum absolute atomic E-state index is 12.9. The maximum atomic E-state index is 12.9. The van der Waals surface area contributed by atoms with Crippen LogP contribution in [0.1, 0.15) is 22.1 Å². The predicted octanol–water partition coefficient (Wildman–Crippen LogP) is 3.63. The van der Waals surface area contributed by atoms with Gasteiger partial charge in [-0.3, -0.25) is 14.8 Å². The first-order valence-corrected chi connectivity index (χ1v) is 8.32. The molecule has 7 nitrogen and oxygen atoms in total. The summed E-state index contributed by atoms with van der Waals surface area (Å²) in [4.78, 5) is 15.1. The molecule has 0 aliphatic heterocycles. The number of aryl methyl sites for hydroxylation is 1. The lowest BCUT2D eigenvalue weighted by Crippen LogP contribution is -2.05. The van der Waals surface area contributed by atoms with Gasteiger partial charge < -0.3 is 4.74 Å². The van der Waals surface area contributed by atoms with Crippen molar-refractivity contribution in [2.24, 2.45) is 0 Å². The SMILES string of the molecule is Cc1nn(Cc2csc(COc3ccc(F)cc3)n2)c(C)c1[N+](=O)[O-]. The monoisotopic (exact) mass is 362 g/mol. The van der Waals surface area contributed by atoms with Crippen LogP contribution in [0.15, 0.2) is 29.6 Å². The van der Waals surface area contributed by atoms with Crippen LogP contribution >= 0.6 is 11.3 Å². The first-order chi connectivity index (χ1) is 11.9. The molecule has 9 heteroatoms. The van der Waals surface area contributed by atoms with Crippen LogP contribution in [0.25, 0.3) is 0 Å². The van der Waals surface area contributed by atoms with Crippen molar-refractivity contribution in [3.63, 3.8) is 0 Å². The second kappa shape index (κ2) is 6.98. The molecule has 0 saturated heterocycles. The number of ether oxygens (including phenoxy) is 1. The van der Waals surface area contributed by atoms with Crippen LogP contribution in [0.2, 0.25) is 0 Å². The van der Waals surface area contributed by atoms with E-state index in [4.69, 9.17) is 4.74 Å². The van der Waals surface area contributed by atoms with Crippen LogP contribution in [-0.4, -0.2) is 19.7 Å². The quantitative estimate of drug-likeness (QED) is 0.494. The van der Waals surface area contributed by atoms with Crippen molar-refractivity contribution in [3.8, 4) is 5.75 Å². The molecule has 3 aromatic rings. The van der Waals surface area contributed by atoms with Gasteiger partial charge in [0, 0.05) is 5.38 Å². The number of aromatic nitrogens is 3. The minimum absolute atomic E-state index is 0.0371. The van der Waals surface area contributed by atoms with Gasteiger partial charge in [0.05, 0.1) is 17.2 Å². The van der Waals surface area contributed by atoms with Crippen molar-refractivity contribution >= 4 is 17.0 Å². The van der Waals surface area contributed by atoms with Crippen LogP contribution in [0.4, 0.5) is 10.1 Å². The van der Waals surface area contributed by atoms with E-state index in [1.165, 1.54) is 23.5 Å². The van der Waals surface area contributed by atoms with Gasteiger partial charge in [-0.1, -0.05) is 0 Å². The Morgan fingerprint density at radius 1 is 1.32 bits per heavy atom. The van der Waals surface area contributed by atoms with E-state index in [1.807, 2.05) is 5.38 Å². The largest absolute Gasteiger partial charge is 0.486 e. The predicted molar refractivity (Wildman–Crippen MR) is 90.3 cm³/mol. The highest BCUT2D eigenvalue weighted by molar-refractivity contribution is 7.09. The van der Waals surface area contributed by atoms with Crippen LogP contribution in [0.5, 0.6) is 5.75 Å². The lowest BCUT2D eigenvalue weighted by molar-refractivity contribution is -0.386. The van der Waals surface area contributed by atoms with Crippen LogP contribution in [0.3, 0.4) is 0 Å². The summed E-state index contributed by atoms with van der Waals surface area (Å²) >= 11 is 1.43. The Bertz CT molecular complexity index is 905. The molecule has 0 radical (unpaired) electrons. The van der Waals surface area contributed by atoms with Crippen molar-refractivity contribution in [1.29, 1.82) is 0 Å². The molecule has 0 fully saturated rings. The molecule has 0 unspecified atom stereocenters. The van der Waals surface area contributed by atoms with Crippen molar-refractivity contribution < 1.29 is 14.1 Å². The van der Waals surface area contributed by atoms with Gasteiger partial charge in [-0.15, -0.1) is 11.3 Å². The van der Waals surface area contributed by atoms with Gasteiger partial charge in [0.1, 0.15) is 34.6 Å². The molecule has 25 heavy (non-hydrogen) atoms. The number of hydrogen-bond acceptors (Lipinski definition) is 6. The van der Waals surface area contributed by atoms with E-state index >= 15 is 0 Å². The number of rotatable bonds is 6. The normalized spacial score (nSPS) is 10.8. The standard InChI is InChI=1S/C16H15FN4O3S/c1-10-16(21(22)23)11(2)20(19-10)7-13-9-25-15(18-13)8-24-14-5-3-12(17)4-6-14/h3-6,9H,7-8H2,1-2H3. The molecule has 0 atom stereocenters. The highest BCUT2D eigenvalue weighted by Gasteiger charge is 2.22. The average Bonchev–Trinajstić information content (AvgIpc) is 3.11. The molecule has 0 bridgehead atoms. The fraction of sp³-hybridized carbons (Fsp3) is 0.250. The summed E-state index contributed by atoms with van der Waals surface area (Å²) in [5, 5.41) is 17.9. The Morgan fingerprint density at radius 2 is 2.04 bits per heavy atom. The molecule has 0 aliphatic carbocycles. The van der Waals surface area contributed by atoms with Gasteiger partial charge in [0.2, 0.25) is 0 Å². The van der Waals surface area contributed by atoms with E-state index in [-0.39, 0.29) is 18.1 Å². The minimum Gasteiger partial charge on any atom is -0.486 e. The Kier molecular flexibility index (Phi) is 4.75. The Hall–Kier alpha value is -2.81. The highest BCUT2D eigenvalue weighted by atomic mass is 32.1. The summed E-state index contributed by atoms with van der Waals surface area (Å²) in [5.74, 6) is 0.246. The second-order valence-corrected chi connectivity index (χ2v) is 6.35. The topological polar surface area (TPSA) is 83.1 Å². The Balaban J connectivity index is 1.67. The Labute approximate surface area is 146 Å². The third-order valence-corrected chi connectivity index (χ3v) is 4.48. The van der Waals surface area contributed by atoms with E-state index < -0.39 is 4.92 Å². The molecule has 0 amide bonds. The molecule has 2 aromatic heterocycles. The first-order valence-electron chi connectivity index (χ1n) is 7.44. The maximum Gasteiger partial charge on any atom is 0.312 e. The number of nitrogens with zero attached hydrogens (tertiary/aromatic N) is 4. The van der Waals surface area contributed by atoms with E-state index in [9.17, 15) is 14.5 Å². The van der Waals surface area contributed by atoms with Gasteiger partial charge in [-0.05, 0) is 38.1 Å². The molecule has 130 valence electrons. The summed E-state index contributed by atoms with van der Waals surface area (Å²) in [6, 6.07) is 5.77. The number of halogens is 1. The van der Waals surface area contributed by atoms with E-state index in [0.717, 1.165) is 10.7 Å². The fourth-order valence-electron chi connectivity index (χ4n) is 2.42. The average molecular weight is 362 g/mol. The summed E-state index contributed by atoms with van der Waals surface area (Å²) in [6.07, 6.45) is 0. The molecular weight excluding hydrogens is 347 g/mol. The van der Waals surface area contributed by atoms with Crippen molar-refractivity contribution in [3.05, 3.63) is 67.7 Å². The van der Waals surface area contributed by atoms with Crippen LogP contribution < -0.4 is 4.74 Å². The fourth-order valence-corrected chi connectivity index (χ4v) is 3.12. The minimum atomic E-state index is -0.419. The lowest BCUT2D eigenvalue weighted by Gasteiger charge is -2.03. The summed E-state index contributed by atoms with van der Waals surface area (Å²) in [5.41, 5.74) is 1.68. The number of thiazole rings is 1. The molecule has 0 aliphatic rings. The van der Waals surface area contributed by atoms with Gasteiger partial charge in [-0.25, -0.2) is 9.37 Å². The summed E-state index contributed by atoms with van der Waals surface area (Å²) in [6.45, 7) is 3.91. The van der Waals surface area contributed by atoms with Gasteiger partial charge in [0.25, 0.3) is 0 Å². The van der Waals surface area contributed by atoms with Gasteiger partial charge >= 0.3 is 5.69 Å². The van der Waals surface area contributed by atoms with Crippen molar-refractivity contribution in [1.82, 2.24) is 14.8 Å². The van der Waals surface area contributed by atoms with E-state index in [0.29, 0.717) is 23.7 Å². The molecule has 3 rings (SSSR count). The molecule has 0 N–H and O–H groups in total. The zero-order valence-electron chi connectivity index (χ0n) is 13.6. The smallest absolute Gasteiger partial charge is 0.312 e. The summed E-state index contributed by atoms with van der Waals surface area (Å²) < 4.78 is 20.0. The number of benzene rings is 1. The van der Waals surface area contributed by atoms with Gasteiger partial charge in [0.15, 0.2) is 0 Å². The van der Waals surface area contributed by atoms with Crippen LogP contribution in [0, 0.1) is 29.8 Å². The number of hydrogen-bond donors (Lipinski definition) is 0. The highest BCUT2D eigenvalue weighted by Crippen LogP contribution is 2.23. The third-order valence-electron chi connectivity index (χ3n) is 3.61. The van der Waals surface area contributed by atoms with Crippen molar-refractivity contribution in [2.45, 2.75) is 27.0 Å². The Morgan fingerprint density at radius 3 is 2.68 bits per heavy atom. The van der Waals surface area contributed by atoms with E-state index in [1.54, 1.807) is 30.7 Å². The first kappa shape index (κ1) is 17.0. The molecule has 2 heterocycles.